The maximum atomic E-state index is 12.2. The number of thioether (sulfide) groups is 1. The Morgan fingerprint density at radius 3 is 3.00 bits per heavy atom. The zero-order valence-electron chi connectivity index (χ0n) is 12.9. The highest BCUT2D eigenvalue weighted by atomic mass is 32.2. The third kappa shape index (κ3) is 5.36. The van der Waals surface area contributed by atoms with Crippen molar-refractivity contribution in [1.82, 2.24) is 15.3 Å². The minimum Gasteiger partial charge on any atom is -0.465 e. The minimum absolute atomic E-state index is 0.115. The fourth-order valence-electron chi connectivity index (χ4n) is 2.28. The molecule has 0 spiro atoms. The lowest BCUT2D eigenvalue weighted by atomic mass is 9.94. The second kappa shape index (κ2) is 7.84. The van der Waals surface area contributed by atoms with Crippen molar-refractivity contribution in [2.75, 3.05) is 12.4 Å². The van der Waals surface area contributed by atoms with Crippen LogP contribution in [-0.4, -0.2) is 39.9 Å². The summed E-state index contributed by atoms with van der Waals surface area (Å²) in [4.78, 5) is 19.4. The smallest absolute Gasteiger partial charge is 0.326 e. The molecule has 1 atom stereocenters. The summed E-state index contributed by atoms with van der Waals surface area (Å²) in [5.41, 5.74) is -0.535. The number of aromatic nitrogens is 2. The van der Waals surface area contributed by atoms with Crippen molar-refractivity contribution in [3.05, 3.63) is 12.4 Å². The second-order valence-electron chi connectivity index (χ2n) is 5.67. The van der Waals surface area contributed by atoms with Crippen molar-refractivity contribution in [3.8, 4) is 0 Å². The number of carbonyl (C=O) groups is 1. The van der Waals surface area contributed by atoms with Crippen LogP contribution in [0.4, 0.5) is 0 Å². The summed E-state index contributed by atoms with van der Waals surface area (Å²) in [6.45, 7) is 4.27. The van der Waals surface area contributed by atoms with Crippen molar-refractivity contribution in [3.63, 3.8) is 0 Å². The van der Waals surface area contributed by atoms with Gasteiger partial charge in [0.25, 0.3) is 0 Å². The number of nitrogens with one attached hydrogen (secondary N) is 2. The van der Waals surface area contributed by atoms with Crippen LogP contribution in [0.2, 0.25) is 0 Å². The van der Waals surface area contributed by atoms with Crippen LogP contribution in [0, 0.1) is 0 Å². The van der Waals surface area contributed by atoms with Crippen LogP contribution in [0.1, 0.15) is 46.0 Å². The number of carbonyl (C=O) groups excluding carboxylic acids is 1. The molecule has 1 aromatic heterocycles. The van der Waals surface area contributed by atoms with Gasteiger partial charge in [-0.15, -0.1) is 0 Å². The number of aromatic amines is 1. The highest BCUT2D eigenvalue weighted by Crippen LogP contribution is 2.26. The van der Waals surface area contributed by atoms with E-state index in [0.29, 0.717) is 12.6 Å². The molecule has 1 saturated carbocycles. The van der Waals surface area contributed by atoms with Crippen LogP contribution in [0.3, 0.4) is 0 Å². The average Bonchev–Trinajstić information content (AvgIpc) is 3.11. The van der Waals surface area contributed by atoms with Crippen molar-refractivity contribution < 1.29 is 9.53 Å². The van der Waals surface area contributed by atoms with E-state index in [2.05, 4.69) is 15.3 Å². The van der Waals surface area contributed by atoms with Crippen LogP contribution in [0.15, 0.2) is 17.6 Å². The third-order valence-electron chi connectivity index (χ3n) is 3.61. The Hall–Kier alpha value is -1.01. The van der Waals surface area contributed by atoms with Gasteiger partial charge in [0.05, 0.1) is 6.61 Å². The first-order valence-corrected chi connectivity index (χ1v) is 8.69. The van der Waals surface area contributed by atoms with Crippen LogP contribution < -0.4 is 5.32 Å². The molecule has 0 bridgehead atoms. The van der Waals surface area contributed by atoms with Crippen molar-refractivity contribution in [2.24, 2.45) is 0 Å². The molecule has 0 amide bonds. The average molecular weight is 311 g/mol. The predicted molar refractivity (Wildman–Crippen MR) is 84.4 cm³/mol. The summed E-state index contributed by atoms with van der Waals surface area (Å²) in [5.74, 6) is 0.895. The Kier molecular flexibility index (Phi) is 6.11. The number of imidazole rings is 1. The molecule has 2 rings (SSSR count). The van der Waals surface area contributed by atoms with Gasteiger partial charge in [-0.3, -0.25) is 10.1 Å². The molecular formula is C15H25N3O2S. The summed E-state index contributed by atoms with van der Waals surface area (Å²) in [7, 11) is 0. The molecule has 1 aliphatic carbocycles. The van der Waals surface area contributed by atoms with E-state index < -0.39 is 5.54 Å². The molecular weight excluding hydrogens is 286 g/mol. The van der Waals surface area contributed by atoms with Gasteiger partial charge in [-0.2, -0.15) is 0 Å². The maximum Gasteiger partial charge on any atom is 0.326 e. The molecule has 0 aromatic carbocycles. The molecule has 0 aliphatic heterocycles. The minimum atomic E-state index is -0.535. The zero-order valence-corrected chi connectivity index (χ0v) is 13.7. The molecule has 2 N–H and O–H groups in total. The number of hydrogen-bond donors (Lipinski definition) is 2. The van der Waals surface area contributed by atoms with Crippen LogP contribution >= 0.6 is 11.8 Å². The van der Waals surface area contributed by atoms with Gasteiger partial charge >= 0.3 is 5.97 Å². The Morgan fingerprint density at radius 1 is 1.57 bits per heavy atom. The van der Waals surface area contributed by atoms with Gasteiger partial charge < -0.3 is 9.72 Å². The summed E-state index contributed by atoms with van der Waals surface area (Å²) >= 11 is 1.72. The lowest BCUT2D eigenvalue weighted by molar-refractivity contribution is -0.151. The van der Waals surface area contributed by atoms with E-state index in [-0.39, 0.29) is 5.97 Å². The number of unbranched alkanes of at least 4 members (excludes halogenated alkanes) is 1. The van der Waals surface area contributed by atoms with E-state index in [1.807, 2.05) is 20.0 Å². The molecule has 1 aliphatic rings. The third-order valence-corrected chi connectivity index (χ3v) is 4.60. The number of esters is 1. The predicted octanol–water partition coefficient (Wildman–Crippen LogP) is 2.75. The van der Waals surface area contributed by atoms with Gasteiger partial charge in [0.15, 0.2) is 5.16 Å². The molecule has 0 saturated heterocycles. The monoisotopic (exact) mass is 311 g/mol. The first-order chi connectivity index (χ1) is 10.1. The molecule has 1 fully saturated rings. The lowest BCUT2D eigenvalue weighted by Crippen LogP contribution is -2.51. The number of rotatable bonds is 10. The van der Waals surface area contributed by atoms with Crippen LogP contribution in [-0.2, 0) is 9.53 Å². The fourth-order valence-corrected chi connectivity index (χ4v) is 3.11. The van der Waals surface area contributed by atoms with E-state index in [0.717, 1.165) is 30.2 Å². The fraction of sp³-hybridized carbons (Fsp3) is 0.733. The number of ether oxygens (including phenoxy) is 1. The SMILES string of the molecule is CCOC(=O)C(C)(CCCCSc1ncc[nH]1)NC1CC1. The summed E-state index contributed by atoms with van der Waals surface area (Å²) in [6.07, 6.45) is 8.82. The normalized spacial score (nSPS) is 17.4. The molecule has 1 heterocycles. The molecule has 1 unspecified atom stereocenters. The van der Waals surface area contributed by atoms with E-state index >= 15 is 0 Å². The van der Waals surface area contributed by atoms with Crippen molar-refractivity contribution in [1.29, 1.82) is 0 Å². The van der Waals surface area contributed by atoms with Gasteiger partial charge in [0, 0.05) is 24.2 Å². The van der Waals surface area contributed by atoms with Crippen molar-refractivity contribution >= 4 is 17.7 Å². The van der Waals surface area contributed by atoms with Crippen LogP contribution in [0.25, 0.3) is 0 Å². The highest BCUT2D eigenvalue weighted by Gasteiger charge is 2.38. The maximum absolute atomic E-state index is 12.2. The van der Waals surface area contributed by atoms with Gasteiger partial charge in [0.2, 0.25) is 0 Å². The van der Waals surface area contributed by atoms with Crippen LogP contribution in [0.5, 0.6) is 0 Å². The van der Waals surface area contributed by atoms with E-state index in [1.54, 1.807) is 18.0 Å². The molecule has 5 nitrogen and oxygen atoms in total. The second-order valence-corrected chi connectivity index (χ2v) is 6.75. The summed E-state index contributed by atoms with van der Waals surface area (Å²) in [5, 5.41) is 4.41. The lowest BCUT2D eigenvalue weighted by Gasteiger charge is -2.28. The van der Waals surface area contributed by atoms with E-state index in [4.69, 9.17) is 4.74 Å². The Bertz CT molecular complexity index is 434. The standard InChI is InChI=1S/C15H25N3O2S/c1-3-20-13(19)15(2,18-12-6-7-12)8-4-5-11-21-14-16-9-10-17-14/h9-10,12,18H,3-8,11H2,1-2H3,(H,16,17). The van der Waals surface area contributed by atoms with Crippen molar-refractivity contribution in [2.45, 2.75) is 62.7 Å². The van der Waals surface area contributed by atoms with Gasteiger partial charge in [-0.05, 0) is 39.5 Å². The Morgan fingerprint density at radius 2 is 2.38 bits per heavy atom. The molecule has 1 aromatic rings. The van der Waals surface area contributed by atoms with Gasteiger partial charge in [-0.1, -0.05) is 18.2 Å². The quantitative estimate of drug-likeness (QED) is 0.395. The van der Waals surface area contributed by atoms with E-state index in [1.165, 1.54) is 12.8 Å². The number of hydrogen-bond acceptors (Lipinski definition) is 5. The Labute approximate surface area is 130 Å². The van der Waals surface area contributed by atoms with E-state index in [9.17, 15) is 4.79 Å². The summed E-state index contributed by atoms with van der Waals surface area (Å²) < 4.78 is 5.23. The largest absolute Gasteiger partial charge is 0.465 e. The Balaban J connectivity index is 1.71. The molecule has 0 radical (unpaired) electrons. The summed E-state index contributed by atoms with van der Waals surface area (Å²) in [6, 6.07) is 0.497. The van der Waals surface area contributed by atoms with Gasteiger partial charge in [0.1, 0.15) is 5.54 Å². The first-order valence-electron chi connectivity index (χ1n) is 7.71. The van der Waals surface area contributed by atoms with Gasteiger partial charge in [-0.25, -0.2) is 4.98 Å². The first kappa shape index (κ1) is 16.4. The highest BCUT2D eigenvalue weighted by molar-refractivity contribution is 7.99. The molecule has 118 valence electrons. The number of nitrogens with zero attached hydrogens (tertiary/aromatic N) is 1. The molecule has 21 heavy (non-hydrogen) atoms. The number of H-pyrrole nitrogens is 1. The zero-order chi connectivity index (χ0) is 15.1. The topological polar surface area (TPSA) is 67.0 Å². The molecule has 6 heteroatoms.